The molecule has 4 heteroatoms. The number of nitrogens with two attached hydrogens (primary N) is 1. The molecule has 25 heavy (non-hydrogen) atoms. The molecule has 131 valence electrons. The maximum atomic E-state index is 13.1. The number of amides is 1. The lowest BCUT2D eigenvalue weighted by Crippen LogP contribution is -2.40. The molecule has 0 bridgehead atoms. The monoisotopic (exact) mass is 337 g/mol. The molecule has 3 rings (SSSR count). The van der Waals surface area contributed by atoms with Gasteiger partial charge in [0.05, 0.1) is 0 Å². The first kappa shape index (κ1) is 17.6. The van der Waals surface area contributed by atoms with E-state index in [-0.39, 0.29) is 11.7 Å². The number of benzene rings is 2. The molecule has 2 aromatic carbocycles. The smallest absolute Gasteiger partial charge is 0.249 e. The van der Waals surface area contributed by atoms with E-state index in [0.29, 0.717) is 11.1 Å². The van der Waals surface area contributed by atoms with E-state index in [1.807, 2.05) is 30.3 Å². The third-order valence-corrected chi connectivity index (χ3v) is 4.83. The van der Waals surface area contributed by atoms with Crippen molar-refractivity contribution in [3.05, 3.63) is 53.4 Å². The van der Waals surface area contributed by atoms with Gasteiger partial charge in [0.1, 0.15) is 0 Å². The number of primary amides is 1. The van der Waals surface area contributed by atoms with Gasteiger partial charge in [-0.15, -0.1) is 0 Å². The first-order valence-electron chi connectivity index (χ1n) is 8.84. The summed E-state index contributed by atoms with van der Waals surface area (Å²) in [4.78, 5) is 27.2. The normalized spacial score (nSPS) is 18.6. The number of carbonyl (C=O) groups excluding carboxylic acids is 2. The van der Waals surface area contributed by atoms with E-state index in [9.17, 15) is 9.59 Å². The molecule has 1 unspecified atom stereocenters. The summed E-state index contributed by atoms with van der Waals surface area (Å²) in [5.41, 5.74) is 6.56. The van der Waals surface area contributed by atoms with Crippen molar-refractivity contribution in [2.75, 3.05) is 19.6 Å². The Balaban J connectivity index is 1.90. The van der Waals surface area contributed by atoms with Gasteiger partial charge in [-0.25, -0.2) is 0 Å². The SMILES string of the molecule is C[C](C)CN1CCCC(C(=O)c2cc(C(N)=O)c3ccccc3c2)C1. The van der Waals surface area contributed by atoms with Crippen LogP contribution in [0, 0.1) is 11.8 Å². The standard InChI is InChI=1S/C21H25N2O2/c1-14(2)12-23-9-5-7-16(13-23)20(24)17-10-15-6-3-4-8-18(15)19(11-17)21(22)25/h3-4,6,8,10-11,16H,5,7,9,12-13H2,1-2H3,(H2,22,25). The summed E-state index contributed by atoms with van der Waals surface area (Å²) in [6, 6.07) is 11.1. The van der Waals surface area contributed by atoms with Crippen LogP contribution in [0.1, 0.15) is 47.4 Å². The summed E-state index contributed by atoms with van der Waals surface area (Å²) in [6.07, 6.45) is 1.93. The van der Waals surface area contributed by atoms with Gasteiger partial charge < -0.3 is 10.6 Å². The molecule has 1 fully saturated rings. The van der Waals surface area contributed by atoms with Crippen LogP contribution in [0.4, 0.5) is 0 Å². The predicted molar refractivity (Wildman–Crippen MR) is 101 cm³/mol. The largest absolute Gasteiger partial charge is 0.366 e. The number of piperidine rings is 1. The third-order valence-electron chi connectivity index (χ3n) is 4.83. The minimum atomic E-state index is -0.493. The summed E-state index contributed by atoms with van der Waals surface area (Å²) < 4.78 is 0. The Hall–Kier alpha value is -2.20. The molecule has 0 saturated carbocycles. The Labute approximate surface area is 149 Å². The minimum absolute atomic E-state index is 0.0185. The quantitative estimate of drug-likeness (QED) is 0.850. The van der Waals surface area contributed by atoms with Gasteiger partial charge in [0.2, 0.25) is 5.91 Å². The Bertz CT molecular complexity index is 798. The van der Waals surface area contributed by atoms with Gasteiger partial charge in [0.25, 0.3) is 0 Å². The van der Waals surface area contributed by atoms with E-state index in [2.05, 4.69) is 18.7 Å². The Morgan fingerprint density at radius 3 is 2.68 bits per heavy atom. The van der Waals surface area contributed by atoms with Crippen molar-refractivity contribution in [2.45, 2.75) is 26.7 Å². The van der Waals surface area contributed by atoms with Crippen LogP contribution in [0.2, 0.25) is 0 Å². The molecule has 0 spiro atoms. The highest BCUT2D eigenvalue weighted by Crippen LogP contribution is 2.26. The van der Waals surface area contributed by atoms with E-state index >= 15 is 0 Å². The lowest BCUT2D eigenvalue weighted by atomic mass is 9.88. The van der Waals surface area contributed by atoms with E-state index < -0.39 is 5.91 Å². The summed E-state index contributed by atoms with van der Waals surface area (Å²) in [7, 11) is 0. The average Bonchev–Trinajstić information content (AvgIpc) is 2.59. The zero-order valence-electron chi connectivity index (χ0n) is 14.9. The number of likely N-dealkylation sites (tertiary alicyclic amines) is 1. The summed E-state index contributed by atoms with van der Waals surface area (Å²) in [5, 5.41) is 1.68. The highest BCUT2D eigenvalue weighted by molar-refractivity contribution is 6.10. The first-order chi connectivity index (χ1) is 12.0. The summed E-state index contributed by atoms with van der Waals surface area (Å²) >= 11 is 0. The fraction of sp³-hybridized carbons (Fsp3) is 0.381. The molecule has 2 aromatic rings. The lowest BCUT2D eigenvalue weighted by molar-refractivity contribution is 0.0824. The zero-order valence-corrected chi connectivity index (χ0v) is 14.9. The van der Waals surface area contributed by atoms with Crippen LogP contribution in [0.5, 0.6) is 0 Å². The summed E-state index contributed by atoms with van der Waals surface area (Å²) in [5.74, 6) is 0.962. The van der Waals surface area contributed by atoms with Crippen molar-refractivity contribution < 1.29 is 9.59 Å². The molecule has 1 heterocycles. The van der Waals surface area contributed by atoms with E-state index in [0.717, 1.165) is 43.2 Å². The highest BCUT2D eigenvalue weighted by atomic mass is 16.1. The van der Waals surface area contributed by atoms with E-state index in [1.54, 1.807) is 6.07 Å². The van der Waals surface area contributed by atoms with Gasteiger partial charge in [0, 0.05) is 30.1 Å². The maximum Gasteiger partial charge on any atom is 0.249 e. The van der Waals surface area contributed by atoms with Crippen LogP contribution in [-0.4, -0.2) is 36.2 Å². The molecule has 0 aromatic heterocycles. The highest BCUT2D eigenvalue weighted by Gasteiger charge is 2.27. The molecule has 1 aliphatic rings. The van der Waals surface area contributed by atoms with Gasteiger partial charge in [-0.2, -0.15) is 0 Å². The van der Waals surface area contributed by atoms with Crippen molar-refractivity contribution in [1.29, 1.82) is 0 Å². The fourth-order valence-electron chi connectivity index (χ4n) is 3.75. The van der Waals surface area contributed by atoms with E-state index in [4.69, 9.17) is 5.73 Å². The predicted octanol–water partition coefficient (Wildman–Crippen LogP) is 3.45. The van der Waals surface area contributed by atoms with Crippen LogP contribution in [0.15, 0.2) is 36.4 Å². The van der Waals surface area contributed by atoms with Crippen LogP contribution in [0.3, 0.4) is 0 Å². The van der Waals surface area contributed by atoms with Crippen molar-refractivity contribution in [2.24, 2.45) is 11.7 Å². The molecule has 2 N–H and O–H groups in total. The molecule has 1 aliphatic heterocycles. The average molecular weight is 337 g/mol. The molecular formula is C21H25N2O2. The van der Waals surface area contributed by atoms with Gasteiger partial charge in [-0.05, 0) is 48.2 Å². The Morgan fingerprint density at radius 1 is 1.20 bits per heavy atom. The van der Waals surface area contributed by atoms with Crippen LogP contribution in [-0.2, 0) is 0 Å². The van der Waals surface area contributed by atoms with Gasteiger partial charge in [-0.3, -0.25) is 9.59 Å². The van der Waals surface area contributed by atoms with Crippen molar-refractivity contribution >= 4 is 22.5 Å². The van der Waals surface area contributed by atoms with E-state index in [1.165, 1.54) is 5.92 Å². The van der Waals surface area contributed by atoms with Gasteiger partial charge in [-0.1, -0.05) is 38.1 Å². The molecule has 1 atom stereocenters. The van der Waals surface area contributed by atoms with Crippen LogP contribution < -0.4 is 5.73 Å². The second kappa shape index (κ2) is 7.36. The molecule has 1 amide bonds. The number of hydrogen-bond donors (Lipinski definition) is 1. The second-order valence-corrected chi connectivity index (χ2v) is 7.25. The number of fused-ring (bicyclic) bond motifs is 1. The molecule has 1 radical (unpaired) electrons. The summed E-state index contributed by atoms with van der Waals surface area (Å²) in [6.45, 7) is 7.00. The maximum absolute atomic E-state index is 13.1. The third kappa shape index (κ3) is 3.90. The Kier molecular flexibility index (Phi) is 5.19. The molecular weight excluding hydrogens is 312 g/mol. The van der Waals surface area contributed by atoms with Crippen LogP contribution in [0.25, 0.3) is 10.8 Å². The number of rotatable bonds is 5. The minimum Gasteiger partial charge on any atom is -0.366 e. The first-order valence-corrected chi connectivity index (χ1v) is 8.84. The van der Waals surface area contributed by atoms with Gasteiger partial charge >= 0.3 is 0 Å². The molecule has 4 nitrogen and oxygen atoms in total. The molecule has 0 aliphatic carbocycles. The topological polar surface area (TPSA) is 63.4 Å². The van der Waals surface area contributed by atoms with Crippen LogP contribution >= 0.6 is 0 Å². The Morgan fingerprint density at radius 2 is 1.96 bits per heavy atom. The lowest BCUT2D eigenvalue weighted by Gasteiger charge is -2.33. The van der Waals surface area contributed by atoms with Crippen molar-refractivity contribution in [3.63, 3.8) is 0 Å². The fourth-order valence-corrected chi connectivity index (χ4v) is 3.75. The molecule has 1 saturated heterocycles. The number of nitrogens with zero attached hydrogens (tertiary/aromatic N) is 1. The van der Waals surface area contributed by atoms with Crippen molar-refractivity contribution in [3.8, 4) is 0 Å². The zero-order chi connectivity index (χ0) is 18.0. The number of ketones is 1. The number of hydrogen-bond acceptors (Lipinski definition) is 3. The van der Waals surface area contributed by atoms with Gasteiger partial charge in [0.15, 0.2) is 5.78 Å². The number of carbonyl (C=O) groups is 2. The second-order valence-electron chi connectivity index (χ2n) is 7.25. The number of Topliss-reactive ketones (excluding diaryl/α,β-unsaturated/α-hetero) is 1. The van der Waals surface area contributed by atoms with Crippen molar-refractivity contribution in [1.82, 2.24) is 4.90 Å².